The fourth-order valence-corrected chi connectivity index (χ4v) is 3.26. The Morgan fingerprint density at radius 1 is 1.06 bits per heavy atom. The molecule has 10 nitrogen and oxygen atoms in total. The Balaban J connectivity index is 1.75. The zero-order valence-electron chi connectivity index (χ0n) is 20.5. The van der Waals surface area contributed by atoms with Gasteiger partial charge in [0.2, 0.25) is 11.7 Å². The second-order valence-electron chi connectivity index (χ2n) is 8.51. The lowest BCUT2D eigenvalue weighted by molar-refractivity contribution is -0.146. The first-order valence-electron chi connectivity index (χ1n) is 11.6. The van der Waals surface area contributed by atoms with E-state index in [1.165, 1.54) is 6.20 Å². The molecule has 10 heteroatoms. The molecule has 0 fully saturated rings. The Morgan fingerprint density at radius 3 is 2.49 bits per heavy atom. The summed E-state index contributed by atoms with van der Waals surface area (Å²) in [4.78, 5) is 41.4. The summed E-state index contributed by atoms with van der Waals surface area (Å²) in [6, 6.07) is 8.17. The maximum atomic E-state index is 12.7. The van der Waals surface area contributed by atoms with E-state index in [1.54, 1.807) is 31.2 Å². The lowest BCUT2D eigenvalue weighted by atomic mass is 10.0. The van der Waals surface area contributed by atoms with Crippen LogP contribution in [0.15, 0.2) is 40.9 Å². The average Bonchev–Trinajstić information content (AvgIpc) is 3.53. The summed E-state index contributed by atoms with van der Waals surface area (Å²) in [7, 11) is 0. The minimum atomic E-state index is -0.800. The van der Waals surface area contributed by atoms with Gasteiger partial charge < -0.3 is 19.8 Å². The number of hydrogen-bond acceptors (Lipinski definition) is 7. The van der Waals surface area contributed by atoms with Crippen molar-refractivity contribution in [3.05, 3.63) is 48.0 Å². The normalized spacial score (nSPS) is 12.7. The van der Waals surface area contributed by atoms with Crippen molar-refractivity contribution in [1.82, 2.24) is 25.8 Å². The highest BCUT2D eigenvalue weighted by Gasteiger charge is 2.27. The van der Waals surface area contributed by atoms with Crippen LogP contribution in [-0.2, 0) is 9.53 Å². The smallest absolute Gasteiger partial charge is 0.328 e. The van der Waals surface area contributed by atoms with E-state index >= 15 is 0 Å². The average molecular weight is 482 g/mol. The summed E-state index contributed by atoms with van der Waals surface area (Å²) in [6.07, 6.45) is 2.14. The molecule has 0 saturated carbocycles. The van der Waals surface area contributed by atoms with Gasteiger partial charge in [-0.2, -0.15) is 5.10 Å². The highest BCUT2D eigenvalue weighted by Crippen LogP contribution is 2.26. The van der Waals surface area contributed by atoms with Crippen molar-refractivity contribution in [2.75, 3.05) is 6.61 Å². The molecule has 3 rings (SSSR count). The lowest BCUT2D eigenvalue weighted by Gasteiger charge is -2.19. The van der Waals surface area contributed by atoms with Crippen LogP contribution in [0.4, 0.5) is 0 Å². The number of carbonyl (C=O) groups is 3. The fraction of sp³-hybridized carbons (Fsp3) is 0.400. The van der Waals surface area contributed by atoms with Gasteiger partial charge in [0.15, 0.2) is 0 Å². The molecule has 0 saturated heterocycles. The number of aromatic nitrogens is 3. The summed E-state index contributed by atoms with van der Waals surface area (Å²) in [6.45, 7) is 9.49. The Bertz CT molecular complexity index is 1180. The van der Waals surface area contributed by atoms with Crippen molar-refractivity contribution in [1.29, 1.82) is 0 Å². The number of H-pyrrole nitrogens is 1. The molecule has 0 bridgehead atoms. The standard InChI is InChI=1S/C25H31N5O5/c1-6-15(5)27-22(31)19-12-18(29-30-19)16-9-8-10-17(11-16)24-26-13-20(35-24)23(32)28-21(14(3)4)25(33)34-7-2/h8-15,21H,6-7H2,1-5H3,(H,27,31)(H,28,32)(H,29,30)/t15?,21-/m0/s1. The number of oxazole rings is 1. The quantitative estimate of drug-likeness (QED) is 0.376. The van der Waals surface area contributed by atoms with Gasteiger partial charge in [0, 0.05) is 17.2 Å². The molecule has 0 aliphatic carbocycles. The van der Waals surface area contributed by atoms with E-state index in [2.05, 4.69) is 25.8 Å². The van der Waals surface area contributed by atoms with Crippen LogP contribution in [0.1, 0.15) is 62.1 Å². The predicted molar refractivity (Wildman–Crippen MR) is 129 cm³/mol. The second-order valence-corrected chi connectivity index (χ2v) is 8.51. The molecule has 1 aromatic carbocycles. The second kappa shape index (κ2) is 11.5. The number of amides is 2. The molecule has 0 aliphatic rings. The lowest BCUT2D eigenvalue weighted by Crippen LogP contribution is -2.45. The minimum absolute atomic E-state index is 0.0240. The van der Waals surface area contributed by atoms with Gasteiger partial charge in [-0.15, -0.1) is 0 Å². The third-order valence-corrected chi connectivity index (χ3v) is 5.44. The molecular weight excluding hydrogens is 450 g/mol. The van der Waals surface area contributed by atoms with Gasteiger partial charge in [-0.3, -0.25) is 14.7 Å². The third-order valence-electron chi connectivity index (χ3n) is 5.44. The van der Waals surface area contributed by atoms with E-state index in [4.69, 9.17) is 9.15 Å². The molecule has 35 heavy (non-hydrogen) atoms. The molecule has 1 unspecified atom stereocenters. The van der Waals surface area contributed by atoms with Crippen LogP contribution in [0.3, 0.4) is 0 Å². The van der Waals surface area contributed by atoms with Gasteiger partial charge in [0.05, 0.1) is 18.5 Å². The fourth-order valence-electron chi connectivity index (χ4n) is 3.26. The molecule has 2 amide bonds. The Kier molecular flexibility index (Phi) is 8.40. The molecule has 2 atom stereocenters. The number of rotatable bonds is 10. The maximum absolute atomic E-state index is 12.7. The topological polar surface area (TPSA) is 139 Å². The first-order chi connectivity index (χ1) is 16.7. The number of esters is 1. The molecule has 0 spiro atoms. The van der Waals surface area contributed by atoms with Crippen molar-refractivity contribution in [2.24, 2.45) is 5.92 Å². The zero-order valence-corrected chi connectivity index (χ0v) is 20.5. The molecule has 186 valence electrons. The number of aromatic amines is 1. The summed E-state index contributed by atoms with van der Waals surface area (Å²) in [5.41, 5.74) is 2.32. The van der Waals surface area contributed by atoms with Crippen molar-refractivity contribution >= 4 is 17.8 Å². The van der Waals surface area contributed by atoms with Gasteiger partial charge in [-0.25, -0.2) is 9.78 Å². The van der Waals surface area contributed by atoms with Crippen molar-refractivity contribution < 1.29 is 23.5 Å². The summed E-state index contributed by atoms with van der Waals surface area (Å²) < 4.78 is 10.7. The monoisotopic (exact) mass is 481 g/mol. The van der Waals surface area contributed by atoms with E-state index in [0.717, 1.165) is 12.0 Å². The van der Waals surface area contributed by atoms with Gasteiger partial charge in [-0.1, -0.05) is 32.9 Å². The molecule has 2 aromatic heterocycles. The van der Waals surface area contributed by atoms with Gasteiger partial charge in [-0.05, 0) is 44.4 Å². The van der Waals surface area contributed by atoms with Crippen LogP contribution in [0.5, 0.6) is 0 Å². The van der Waals surface area contributed by atoms with E-state index in [1.807, 2.05) is 33.8 Å². The molecule has 0 aliphatic heterocycles. The van der Waals surface area contributed by atoms with E-state index in [-0.39, 0.29) is 36.1 Å². The van der Waals surface area contributed by atoms with Crippen molar-refractivity contribution in [3.8, 4) is 22.7 Å². The van der Waals surface area contributed by atoms with Crippen LogP contribution >= 0.6 is 0 Å². The van der Waals surface area contributed by atoms with Gasteiger partial charge >= 0.3 is 5.97 Å². The van der Waals surface area contributed by atoms with Crippen molar-refractivity contribution in [3.63, 3.8) is 0 Å². The number of nitrogens with one attached hydrogen (secondary N) is 3. The number of benzene rings is 1. The van der Waals surface area contributed by atoms with Crippen LogP contribution in [0, 0.1) is 5.92 Å². The number of nitrogens with zero attached hydrogens (tertiary/aromatic N) is 2. The van der Waals surface area contributed by atoms with Crippen molar-refractivity contribution in [2.45, 2.75) is 53.1 Å². The molecule has 3 N–H and O–H groups in total. The summed E-state index contributed by atoms with van der Waals surface area (Å²) in [5.74, 6) is -1.23. The zero-order chi connectivity index (χ0) is 25.5. The Labute approximate surface area is 203 Å². The third kappa shape index (κ3) is 6.34. The van der Waals surface area contributed by atoms with E-state index in [9.17, 15) is 14.4 Å². The highest BCUT2D eigenvalue weighted by atomic mass is 16.5. The molecular formula is C25H31N5O5. The number of carbonyl (C=O) groups excluding carboxylic acids is 3. The van der Waals surface area contributed by atoms with Crippen LogP contribution in [-0.4, -0.2) is 51.7 Å². The highest BCUT2D eigenvalue weighted by molar-refractivity contribution is 5.95. The predicted octanol–water partition coefficient (Wildman–Crippen LogP) is 3.58. The minimum Gasteiger partial charge on any atom is -0.464 e. The van der Waals surface area contributed by atoms with E-state index in [0.29, 0.717) is 17.0 Å². The molecule has 3 aromatic rings. The Morgan fingerprint density at radius 2 is 1.80 bits per heavy atom. The Hall–Kier alpha value is -3.95. The van der Waals surface area contributed by atoms with Crippen LogP contribution in [0.25, 0.3) is 22.7 Å². The SMILES string of the molecule is CCOC(=O)[C@@H](NC(=O)c1cnc(-c2cccc(-c3cc(C(=O)NC(C)CC)[nH]n3)c2)o1)C(C)C. The largest absolute Gasteiger partial charge is 0.464 e. The first-order valence-corrected chi connectivity index (χ1v) is 11.6. The molecule has 2 heterocycles. The maximum Gasteiger partial charge on any atom is 0.328 e. The van der Waals surface area contributed by atoms with Crippen LogP contribution in [0.2, 0.25) is 0 Å². The number of hydrogen-bond donors (Lipinski definition) is 3. The van der Waals surface area contributed by atoms with Crippen LogP contribution < -0.4 is 10.6 Å². The number of ether oxygens (including phenoxy) is 1. The van der Waals surface area contributed by atoms with Gasteiger partial charge in [0.1, 0.15) is 11.7 Å². The van der Waals surface area contributed by atoms with Gasteiger partial charge in [0.25, 0.3) is 11.8 Å². The summed E-state index contributed by atoms with van der Waals surface area (Å²) >= 11 is 0. The summed E-state index contributed by atoms with van der Waals surface area (Å²) in [5, 5.41) is 12.6. The van der Waals surface area contributed by atoms with E-state index < -0.39 is 17.9 Å². The molecule has 0 radical (unpaired) electrons. The first kappa shape index (κ1) is 25.7.